The lowest BCUT2D eigenvalue weighted by Gasteiger charge is -2.21. The molecule has 1 atom stereocenters. The molecule has 1 amide bonds. The van der Waals surface area contributed by atoms with Crippen molar-refractivity contribution in [3.05, 3.63) is 52.6 Å². The summed E-state index contributed by atoms with van der Waals surface area (Å²) in [6.07, 6.45) is 0.687. The van der Waals surface area contributed by atoms with E-state index in [1.165, 1.54) is 6.92 Å². The molecule has 6 nitrogen and oxygen atoms in total. The molecule has 0 spiro atoms. The molecule has 2 aliphatic heterocycles. The predicted octanol–water partition coefficient (Wildman–Crippen LogP) is 2.85. The van der Waals surface area contributed by atoms with Gasteiger partial charge in [0.2, 0.25) is 12.7 Å². The van der Waals surface area contributed by atoms with Crippen LogP contribution in [0.3, 0.4) is 0 Å². The quantitative estimate of drug-likeness (QED) is 0.802. The topological polar surface area (TPSA) is 77.2 Å². The molecule has 2 aliphatic rings. The summed E-state index contributed by atoms with van der Waals surface area (Å²) in [7, 11) is 0. The summed E-state index contributed by atoms with van der Waals surface area (Å²) in [5.74, 6) is 1.35. The largest absolute Gasteiger partial charge is 0.454 e. The maximum Gasteiger partial charge on any atom is 0.239 e. The second-order valence-corrected chi connectivity index (χ2v) is 6.80. The van der Waals surface area contributed by atoms with Crippen molar-refractivity contribution in [3.8, 4) is 11.5 Å². The van der Waals surface area contributed by atoms with Crippen LogP contribution < -0.4 is 15.2 Å². The first-order chi connectivity index (χ1) is 12.4. The lowest BCUT2D eigenvalue weighted by Crippen LogP contribution is -2.33. The van der Waals surface area contributed by atoms with E-state index in [0.29, 0.717) is 12.2 Å². The minimum absolute atomic E-state index is 0.0565. The maximum absolute atomic E-state index is 12.2. The number of fused-ring (bicyclic) bond motifs is 2. The summed E-state index contributed by atoms with van der Waals surface area (Å²) in [5.41, 5.74) is 11.4. The normalized spacial score (nSPS) is 18.2. The Hall–Kier alpha value is -3.02. The highest BCUT2D eigenvalue weighted by Gasteiger charge is 2.28. The van der Waals surface area contributed by atoms with Crippen LogP contribution >= 0.6 is 0 Å². The number of aryl methyl sites for hydroxylation is 1. The van der Waals surface area contributed by atoms with E-state index in [1.54, 1.807) is 5.01 Å². The zero-order valence-corrected chi connectivity index (χ0v) is 15.1. The van der Waals surface area contributed by atoms with Crippen molar-refractivity contribution in [2.24, 2.45) is 5.10 Å². The van der Waals surface area contributed by atoms with Crippen LogP contribution in [0, 0.1) is 6.92 Å². The molecule has 4 rings (SSSR count). The van der Waals surface area contributed by atoms with Crippen LogP contribution in [0.1, 0.15) is 36.1 Å². The molecule has 2 heterocycles. The summed E-state index contributed by atoms with van der Waals surface area (Å²) >= 11 is 0. The third kappa shape index (κ3) is 2.67. The van der Waals surface area contributed by atoms with Gasteiger partial charge in [-0.3, -0.25) is 4.79 Å². The maximum atomic E-state index is 12.2. The summed E-state index contributed by atoms with van der Waals surface area (Å²) in [5, 5.41) is 6.28. The lowest BCUT2D eigenvalue weighted by molar-refractivity contribution is -0.130. The number of hydrogen-bond acceptors (Lipinski definition) is 5. The molecule has 0 saturated carbocycles. The summed E-state index contributed by atoms with van der Waals surface area (Å²) < 4.78 is 11.1. The number of amides is 1. The van der Waals surface area contributed by atoms with E-state index in [4.69, 9.17) is 20.3 Å². The number of ether oxygens (including phenoxy) is 2. The molecular formula is C20H21N3O3. The molecule has 2 N–H and O–H groups in total. The Morgan fingerprint density at radius 3 is 2.65 bits per heavy atom. The Balaban J connectivity index is 1.94. The molecule has 0 aliphatic carbocycles. The number of hydrogen-bond donors (Lipinski definition) is 1. The summed E-state index contributed by atoms with van der Waals surface area (Å²) in [4.78, 5) is 12.2. The third-order valence-electron chi connectivity index (χ3n) is 4.86. The van der Waals surface area contributed by atoms with Crippen molar-refractivity contribution in [2.75, 3.05) is 12.5 Å². The molecule has 0 fully saturated rings. The van der Waals surface area contributed by atoms with Crippen LogP contribution in [0.25, 0.3) is 0 Å². The second-order valence-electron chi connectivity index (χ2n) is 6.80. The van der Waals surface area contributed by atoms with Crippen molar-refractivity contribution in [3.63, 3.8) is 0 Å². The van der Waals surface area contributed by atoms with Gasteiger partial charge in [0.15, 0.2) is 11.5 Å². The minimum Gasteiger partial charge on any atom is -0.454 e. The van der Waals surface area contributed by atoms with Crippen LogP contribution in [0.2, 0.25) is 0 Å². The van der Waals surface area contributed by atoms with Crippen LogP contribution in [-0.4, -0.2) is 29.5 Å². The van der Waals surface area contributed by atoms with E-state index in [1.807, 2.05) is 44.2 Å². The Kier molecular flexibility index (Phi) is 3.83. The van der Waals surface area contributed by atoms with Crippen molar-refractivity contribution < 1.29 is 14.3 Å². The highest BCUT2D eigenvalue weighted by atomic mass is 16.7. The van der Waals surface area contributed by atoms with E-state index >= 15 is 0 Å². The molecule has 0 bridgehead atoms. The van der Waals surface area contributed by atoms with Gasteiger partial charge in [0, 0.05) is 23.7 Å². The fraction of sp³-hybridized carbons (Fsp3) is 0.300. The van der Waals surface area contributed by atoms with E-state index < -0.39 is 0 Å². The predicted molar refractivity (Wildman–Crippen MR) is 99.5 cm³/mol. The monoisotopic (exact) mass is 351 g/mol. The molecule has 0 unspecified atom stereocenters. The number of nitrogens with zero attached hydrogens (tertiary/aromatic N) is 2. The summed E-state index contributed by atoms with van der Waals surface area (Å²) in [6.45, 7) is 5.72. The molecule has 2 aromatic rings. The number of benzene rings is 2. The zero-order valence-electron chi connectivity index (χ0n) is 15.1. The van der Waals surface area contributed by atoms with Gasteiger partial charge in [0.25, 0.3) is 0 Å². The molecule has 0 saturated heterocycles. The van der Waals surface area contributed by atoms with Crippen LogP contribution in [-0.2, 0) is 11.2 Å². The lowest BCUT2D eigenvalue weighted by atomic mass is 9.93. The van der Waals surface area contributed by atoms with Crippen molar-refractivity contribution in [2.45, 2.75) is 33.2 Å². The Labute approximate surface area is 152 Å². The Bertz CT molecular complexity index is 936. The van der Waals surface area contributed by atoms with Gasteiger partial charge in [-0.2, -0.15) is 5.10 Å². The van der Waals surface area contributed by atoms with Gasteiger partial charge < -0.3 is 15.2 Å². The first-order valence-electron chi connectivity index (χ1n) is 8.62. The Morgan fingerprint density at radius 2 is 1.96 bits per heavy atom. The number of carbonyl (C=O) groups is 1. The summed E-state index contributed by atoms with van der Waals surface area (Å²) in [6, 6.07) is 9.70. The Morgan fingerprint density at radius 1 is 1.23 bits per heavy atom. The van der Waals surface area contributed by atoms with Gasteiger partial charge in [-0.05, 0) is 55.7 Å². The first-order valence-corrected chi connectivity index (χ1v) is 8.62. The highest BCUT2D eigenvalue weighted by molar-refractivity contribution is 6.14. The first kappa shape index (κ1) is 16.4. The SMILES string of the molecule is CC(=O)N1N=C(c2ccc(N)c(C)c2)c2cc3c(cc2C[C@@H]1C)OCO3. The number of carbonyl (C=O) groups excluding carboxylic acids is 1. The average Bonchev–Trinajstić information content (AvgIpc) is 2.99. The molecule has 0 radical (unpaired) electrons. The number of anilines is 1. The van der Waals surface area contributed by atoms with E-state index in [-0.39, 0.29) is 18.7 Å². The molecule has 26 heavy (non-hydrogen) atoms. The standard InChI is InChI=1S/C20H21N3O3/c1-11-6-14(4-5-17(11)21)20-16-9-19-18(25-10-26-19)8-15(16)7-12(2)23(22-20)13(3)24/h4-6,8-9,12H,7,10,21H2,1-3H3/t12-/m0/s1. The fourth-order valence-electron chi connectivity index (χ4n) is 3.46. The molecule has 134 valence electrons. The van der Waals surface area contributed by atoms with Crippen LogP contribution in [0.15, 0.2) is 35.4 Å². The fourth-order valence-corrected chi connectivity index (χ4v) is 3.46. The van der Waals surface area contributed by atoms with Gasteiger partial charge in [0.05, 0.1) is 11.8 Å². The van der Waals surface area contributed by atoms with Crippen molar-refractivity contribution in [1.29, 1.82) is 0 Å². The molecule has 2 aromatic carbocycles. The smallest absolute Gasteiger partial charge is 0.239 e. The molecule has 6 heteroatoms. The van der Waals surface area contributed by atoms with Crippen LogP contribution in [0.4, 0.5) is 5.69 Å². The highest BCUT2D eigenvalue weighted by Crippen LogP contribution is 2.37. The molecular weight excluding hydrogens is 330 g/mol. The number of nitrogens with two attached hydrogens (primary N) is 1. The number of hydrazone groups is 1. The minimum atomic E-state index is -0.0879. The van der Waals surface area contributed by atoms with E-state index in [9.17, 15) is 4.79 Å². The second kappa shape index (κ2) is 6.05. The number of nitrogen functional groups attached to an aromatic ring is 1. The van der Waals surface area contributed by atoms with Gasteiger partial charge in [-0.15, -0.1) is 0 Å². The van der Waals surface area contributed by atoms with E-state index in [0.717, 1.165) is 39.4 Å². The van der Waals surface area contributed by atoms with Gasteiger partial charge >= 0.3 is 0 Å². The molecule has 0 aromatic heterocycles. The van der Waals surface area contributed by atoms with E-state index in [2.05, 4.69) is 0 Å². The zero-order chi connectivity index (χ0) is 18.4. The number of rotatable bonds is 1. The third-order valence-corrected chi connectivity index (χ3v) is 4.86. The van der Waals surface area contributed by atoms with Crippen LogP contribution in [0.5, 0.6) is 11.5 Å². The van der Waals surface area contributed by atoms with Gasteiger partial charge in [0.1, 0.15) is 0 Å². The average molecular weight is 351 g/mol. The van der Waals surface area contributed by atoms with Gasteiger partial charge in [-0.25, -0.2) is 5.01 Å². The van der Waals surface area contributed by atoms with Crippen molar-refractivity contribution in [1.82, 2.24) is 5.01 Å². The van der Waals surface area contributed by atoms with Crippen molar-refractivity contribution >= 4 is 17.3 Å². The van der Waals surface area contributed by atoms with Gasteiger partial charge in [-0.1, -0.05) is 6.07 Å².